The summed E-state index contributed by atoms with van der Waals surface area (Å²) in [6.45, 7) is 2.22. The number of carbonyl (C=O) groups excluding carboxylic acids is 3. The summed E-state index contributed by atoms with van der Waals surface area (Å²) < 4.78 is 0. The molecule has 0 aliphatic carbocycles. The van der Waals surface area contributed by atoms with Gasteiger partial charge in [0.2, 0.25) is 0 Å². The highest BCUT2D eigenvalue weighted by Gasteiger charge is 2.32. The van der Waals surface area contributed by atoms with Gasteiger partial charge in [-0.05, 0) is 6.42 Å². The van der Waals surface area contributed by atoms with E-state index in [2.05, 4.69) is 6.92 Å². The third-order valence-electron chi connectivity index (χ3n) is 3.93. The Hall–Kier alpha value is -1.39. The van der Waals surface area contributed by atoms with Crippen LogP contribution in [0.4, 0.5) is 0 Å². The van der Waals surface area contributed by atoms with Crippen LogP contribution in [0.5, 0.6) is 0 Å². The Morgan fingerprint density at radius 3 is 1.82 bits per heavy atom. The van der Waals surface area contributed by atoms with E-state index in [0.717, 1.165) is 19.3 Å². The number of rotatable bonds is 12. The maximum atomic E-state index is 11.6. The van der Waals surface area contributed by atoms with Gasteiger partial charge in [-0.15, -0.1) is 5.06 Å². The normalized spacial score (nSPS) is 14.7. The second-order valence-corrected chi connectivity index (χ2v) is 5.98. The van der Waals surface area contributed by atoms with Crippen molar-refractivity contribution in [3.63, 3.8) is 0 Å². The Morgan fingerprint density at radius 1 is 0.864 bits per heavy atom. The van der Waals surface area contributed by atoms with Crippen molar-refractivity contribution in [2.24, 2.45) is 0 Å². The fourth-order valence-electron chi connectivity index (χ4n) is 2.56. The van der Waals surface area contributed by atoms with Gasteiger partial charge in [0, 0.05) is 19.3 Å². The molecule has 1 rings (SSSR count). The van der Waals surface area contributed by atoms with Crippen LogP contribution >= 0.6 is 0 Å². The lowest BCUT2D eigenvalue weighted by molar-refractivity contribution is -0.197. The van der Waals surface area contributed by atoms with Crippen molar-refractivity contribution in [3.8, 4) is 0 Å². The largest absolute Gasteiger partial charge is 0.333 e. The number of amides is 2. The Labute approximate surface area is 133 Å². The first kappa shape index (κ1) is 18.7. The minimum absolute atomic E-state index is 0.143. The van der Waals surface area contributed by atoms with Crippen molar-refractivity contribution in [2.45, 2.75) is 90.4 Å². The molecule has 0 bridgehead atoms. The van der Waals surface area contributed by atoms with Gasteiger partial charge in [-0.3, -0.25) is 9.59 Å². The number of unbranched alkanes of at least 4 members (excludes halogenated alkanes) is 9. The van der Waals surface area contributed by atoms with Gasteiger partial charge in [0.25, 0.3) is 11.8 Å². The van der Waals surface area contributed by atoms with E-state index in [4.69, 9.17) is 4.84 Å². The van der Waals surface area contributed by atoms with Crippen LogP contribution in [0.1, 0.15) is 90.4 Å². The van der Waals surface area contributed by atoms with Gasteiger partial charge in [-0.1, -0.05) is 64.7 Å². The average Bonchev–Trinajstić information content (AvgIpc) is 2.81. The molecular formula is C17H29NO4. The van der Waals surface area contributed by atoms with E-state index >= 15 is 0 Å². The molecule has 126 valence electrons. The van der Waals surface area contributed by atoms with Gasteiger partial charge < -0.3 is 4.84 Å². The topological polar surface area (TPSA) is 63.7 Å². The summed E-state index contributed by atoms with van der Waals surface area (Å²) in [6.07, 6.45) is 12.5. The molecule has 1 heterocycles. The molecule has 0 aromatic rings. The number of imide groups is 1. The predicted molar refractivity (Wildman–Crippen MR) is 83.6 cm³/mol. The summed E-state index contributed by atoms with van der Waals surface area (Å²) in [7, 11) is 0. The first-order chi connectivity index (χ1) is 10.6. The van der Waals surface area contributed by atoms with Crippen molar-refractivity contribution < 1.29 is 19.2 Å². The third-order valence-corrected chi connectivity index (χ3v) is 3.93. The molecule has 1 fully saturated rings. The first-order valence-corrected chi connectivity index (χ1v) is 8.71. The Kier molecular flexibility index (Phi) is 9.51. The highest BCUT2D eigenvalue weighted by atomic mass is 16.7. The molecule has 0 aromatic carbocycles. The molecule has 0 spiro atoms. The molecule has 2 amide bonds. The van der Waals surface area contributed by atoms with Gasteiger partial charge in [0.15, 0.2) is 0 Å². The molecule has 1 saturated heterocycles. The summed E-state index contributed by atoms with van der Waals surface area (Å²) in [5, 5.41) is 0.624. The average molecular weight is 311 g/mol. The number of nitrogens with zero attached hydrogens (tertiary/aromatic N) is 1. The minimum atomic E-state index is -0.483. The third kappa shape index (κ3) is 7.57. The SMILES string of the molecule is CCCCCCCCCCCCC(=O)ON1C(=O)CCC1=O. The van der Waals surface area contributed by atoms with E-state index in [1.165, 1.54) is 44.9 Å². The number of hydrogen-bond acceptors (Lipinski definition) is 4. The molecule has 1 aliphatic rings. The van der Waals surface area contributed by atoms with E-state index in [9.17, 15) is 14.4 Å². The van der Waals surface area contributed by atoms with Crippen molar-refractivity contribution in [1.82, 2.24) is 5.06 Å². The first-order valence-electron chi connectivity index (χ1n) is 8.71. The van der Waals surface area contributed by atoms with Gasteiger partial charge >= 0.3 is 5.97 Å². The Morgan fingerprint density at radius 2 is 1.32 bits per heavy atom. The lowest BCUT2D eigenvalue weighted by Gasteiger charge is -2.12. The Balaban J connectivity index is 1.93. The summed E-state index contributed by atoms with van der Waals surface area (Å²) >= 11 is 0. The van der Waals surface area contributed by atoms with Crippen molar-refractivity contribution >= 4 is 17.8 Å². The number of hydroxylamine groups is 2. The molecule has 5 nitrogen and oxygen atoms in total. The highest BCUT2D eigenvalue weighted by molar-refractivity contribution is 6.01. The zero-order chi connectivity index (χ0) is 16.2. The number of carbonyl (C=O) groups is 3. The molecule has 0 atom stereocenters. The molecule has 1 aliphatic heterocycles. The summed E-state index contributed by atoms with van der Waals surface area (Å²) in [4.78, 5) is 39.0. The van der Waals surface area contributed by atoms with Gasteiger partial charge in [-0.2, -0.15) is 0 Å². The van der Waals surface area contributed by atoms with E-state index in [1.54, 1.807) is 0 Å². The lowest BCUT2D eigenvalue weighted by Crippen LogP contribution is -2.31. The van der Waals surface area contributed by atoms with Crippen LogP contribution in [-0.4, -0.2) is 22.8 Å². The quantitative estimate of drug-likeness (QED) is 0.405. The highest BCUT2D eigenvalue weighted by Crippen LogP contribution is 2.14. The maximum absolute atomic E-state index is 11.6. The van der Waals surface area contributed by atoms with Crippen molar-refractivity contribution in [3.05, 3.63) is 0 Å². The van der Waals surface area contributed by atoms with Gasteiger partial charge in [-0.25, -0.2) is 4.79 Å². The fourth-order valence-corrected chi connectivity index (χ4v) is 2.56. The molecule has 0 unspecified atom stereocenters. The van der Waals surface area contributed by atoms with Crippen LogP contribution in [0.2, 0.25) is 0 Å². The van der Waals surface area contributed by atoms with Crippen molar-refractivity contribution in [2.75, 3.05) is 0 Å². The standard InChI is InChI=1S/C17H29NO4/c1-2-3-4-5-6-7-8-9-10-11-12-17(21)22-18-15(19)13-14-16(18)20/h2-14H2,1H3. The van der Waals surface area contributed by atoms with Crippen LogP contribution in [0.3, 0.4) is 0 Å². The molecule has 0 saturated carbocycles. The zero-order valence-electron chi connectivity index (χ0n) is 13.8. The molecule has 5 heteroatoms. The van der Waals surface area contributed by atoms with Gasteiger partial charge in [0.05, 0.1) is 0 Å². The predicted octanol–water partition coefficient (Wildman–Crippen LogP) is 3.90. The molecule has 0 radical (unpaired) electrons. The van der Waals surface area contributed by atoms with Gasteiger partial charge in [0.1, 0.15) is 0 Å². The minimum Gasteiger partial charge on any atom is -0.330 e. The van der Waals surface area contributed by atoms with Crippen LogP contribution in [0.15, 0.2) is 0 Å². The number of hydrogen-bond donors (Lipinski definition) is 0. The van der Waals surface area contributed by atoms with Crippen molar-refractivity contribution in [1.29, 1.82) is 0 Å². The Bertz CT molecular complexity index is 352. The smallest absolute Gasteiger partial charge is 0.330 e. The second kappa shape index (κ2) is 11.2. The summed E-state index contributed by atoms with van der Waals surface area (Å²) in [6, 6.07) is 0. The van der Waals surface area contributed by atoms with E-state index < -0.39 is 17.8 Å². The zero-order valence-corrected chi connectivity index (χ0v) is 13.8. The fraction of sp³-hybridized carbons (Fsp3) is 0.824. The van der Waals surface area contributed by atoms with Crippen LogP contribution in [0.25, 0.3) is 0 Å². The van der Waals surface area contributed by atoms with Crippen LogP contribution < -0.4 is 0 Å². The molecule has 0 aromatic heterocycles. The molecular weight excluding hydrogens is 282 g/mol. The molecule has 0 N–H and O–H groups in total. The molecule has 22 heavy (non-hydrogen) atoms. The van der Waals surface area contributed by atoms with Crippen LogP contribution in [-0.2, 0) is 19.2 Å². The maximum Gasteiger partial charge on any atom is 0.333 e. The van der Waals surface area contributed by atoms with E-state index in [1.807, 2.05) is 0 Å². The monoisotopic (exact) mass is 311 g/mol. The summed E-state index contributed by atoms with van der Waals surface area (Å²) in [5.41, 5.74) is 0. The summed E-state index contributed by atoms with van der Waals surface area (Å²) in [5.74, 6) is -1.31. The second-order valence-electron chi connectivity index (χ2n) is 5.98. The van der Waals surface area contributed by atoms with E-state index in [-0.39, 0.29) is 19.3 Å². The lowest BCUT2D eigenvalue weighted by atomic mass is 10.1. The van der Waals surface area contributed by atoms with E-state index in [0.29, 0.717) is 5.06 Å². The van der Waals surface area contributed by atoms with Crippen LogP contribution in [0, 0.1) is 0 Å².